The van der Waals surface area contributed by atoms with Crippen molar-refractivity contribution in [3.8, 4) is 0 Å². The molecule has 0 bridgehead atoms. The van der Waals surface area contributed by atoms with Crippen LogP contribution in [-0.4, -0.2) is 59.4 Å². The molecule has 1 saturated carbocycles. The molecule has 0 aromatic heterocycles. The number of halogens is 1. The van der Waals surface area contributed by atoms with Crippen LogP contribution in [0.4, 0.5) is 0 Å². The number of nitrogens with zero attached hydrogens (tertiary/aromatic N) is 3. The van der Waals surface area contributed by atoms with E-state index in [9.17, 15) is 4.79 Å². The van der Waals surface area contributed by atoms with Gasteiger partial charge in [0.25, 0.3) is 0 Å². The number of hydrogen-bond donors (Lipinski definition) is 0. The van der Waals surface area contributed by atoms with Crippen LogP contribution in [-0.2, 0) is 9.53 Å². The molecule has 0 aromatic rings. The van der Waals surface area contributed by atoms with E-state index in [-0.39, 0.29) is 6.10 Å². The van der Waals surface area contributed by atoms with Crippen LogP contribution in [0.2, 0.25) is 0 Å². The Morgan fingerprint density at radius 2 is 2.33 bits per heavy atom. The predicted octanol–water partition coefficient (Wildman–Crippen LogP) is 1.97. The van der Waals surface area contributed by atoms with Gasteiger partial charge in [-0.3, -0.25) is 4.79 Å². The van der Waals surface area contributed by atoms with Gasteiger partial charge in [-0.2, -0.15) is 0 Å². The summed E-state index contributed by atoms with van der Waals surface area (Å²) in [5, 5.41) is 0.513. The monoisotopic (exact) mass is 311 g/mol. The third-order valence-corrected chi connectivity index (χ3v) is 4.70. The number of fused-ring (bicyclic) bond motifs is 1. The molecule has 0 aromatic carbocycles. The first kappa shape index (κ1) is 14.9. The van der Waals surface area contributed by atoms with E-state index in [0.717, 1.165) is 31.9 Å². The maximum atomic E-state index is 12.5. The lowest BCUT2D eigenvalue weighted by Gasteiger charge is -2.33. The van der Waals surface area contributed by atoms with Crippen molar-refractivity contribution in [2.24, 2.45) is 4.99 Å². The van der Waals surface area contributed by atoms with Crippen LogP contribution in [0.1, 0.15) is 33.1 Å². The van der Waals surface area contributed by atoms with Crippen molar-refractivity contribution < 1.29 is 9.53 Å². The van der Waals surface area contributed by atoms with Gasteiger partial charge in [-0.15, -0.1) is 0 Å². The standard InChI is InChI=1S/C15H22ClN3O2/c1-11(2)21-9-8-19-14-17-13(16)5-7-18(14)10-15(19)6-3-4-12(15)20/h5,11H,3-4,6-10H2,1-2H3. The minimum absolute atomic E-state index is 0.190. The fraction of sp³-hybridized carbons (Fsp3) is 0.733. The van der Waals surface area contributed by atoms with Crippen LogP contribution in [0.3, 0.4) is 0 Å². The number of ketones is 1. The zero-order chi connectivity index (χ0) is 15.0. The number of hydrogen-bond acceptors (Lipinski definition) is 5. The molecule has 5 nitrogen and oxygen atoms in total. The molecule has 21 heavy (non-hydrogen) atoms. The van der Waals surface area contributed by atoms with Gasteiger partial charge >= 0.3 is 0 Å². The Kier molecular flexibility index (Phi) is 3.97. The second kappa shape index (κ2) is 5.61. The summed E-state index contributed by atoms with van der Waals surface area (Å²) in [5.74, 6) is 1.17. The number of guanidine groups is 1. The number of carbonyl (C=O) groups excluding carboxylic acids is 1. The average molecular weight is 312 g/mol. The minimum atomic E-state index is -0.408. The molecule has 1 atom stereocenters. The summed E-state index contributed by atoms with van der Waals surface area (Å²) < 4.78 is 5.67. The SMILES string of the molecule is CC(C)OCCN1C2=NC(Cl)=CCN2CC12CCCC2=O. The van der Waals surface area contributed by atoms with Gasteiger partial charge in [0.05, 0.1) is 19.3 Å². The van der Waals surface area contributed by atoms with Gasteiger partial charge in [-0.25, -0.2) is 4.99 Å². The topological polar surface area (TPSA) is 45.1 Å². The number of carbonyl (C=O) groups is 1. The van der Waals surface area contributed by atoms with Gasteiger partial charge in [0, 0.05) is 19.5 Å². The molecule has 1 unspecified atom stereocenters. The fourth-order valence-electron chi connectivity index (χ4n) is 3.50. The molecule has 0 N–H and O–H groups in total. The van der Waals surface area contributed by atoms with E-state index in [1.54, 1.807) is 0 Å². The lowest BCUT2D eigenvalue weighted by molar-refractivity contribution is -0.125. The normalized spacial score (nSPS) is 28.5. The first-order valence-corrected chi connectivity index (χ1v) is 8.02. The lowest BCUT2D eigenvalue weighted by Crippen LogP contribution is -2.52. The quantitative estimate of drug-likeness (QED) is 0.745. The van der Waals surface area contributed by atoms with Crippen LogP contribution in [0.5, 0.6) is 0 Å². The van der Waals surface area contributed by atoms with Crippen molar-refractivity contribution >= 4 is 23.3 Å². The van der Waals surface area contributed by atoms with Crippen LogP contribution in [0.15, 0.2) is 16.2 Å². The van der Waals surface area contributed by atoms with E-state index in [1.807, 2.05) is 19.9 Å². The zero-order valence-corrected chi connectivity index (χ0v) is 13.4. The smallest absolute Gasteiger partial charge is 0.204 e. The van der Waals surface area contributed by atoms with Crippen molar-refractivity contribution in [1.82, 2.24) is 9.80 Å². The molecule has 2 aliphatic heterocycles. The molecule has 1 aliphatic carbocycles. The van der Waals surface area contributed by atoms with E-state index in [2.05, 4.69) is 14.8 Å². The molecular weight excluding hydrogens is 290 g/mol. The third kappa shape index (κ3) is 2.57. The predicted molar refractivity (Wildman–Crippen MR) is 82.3 cm³/mol. The largest absolute Gasteiger partial charge is 0.377 e. The van der Waals surface area contributed by atoms with E-state index >= 15 is 0 Å². The van der Waals surface area contributed by atoms with Crippen LogP contribution >= 0.6 is 11.6 Å². The Morgan fingerprint density at radius 3 is 3.00 bits per heavy atom. The Morgan fingerprint density at radius 1 is 1.52 bits per heavy atom. The summed E-state index contributed by atoms with van der Waals surface area (Å²) in [6.07, 6.45) is 4.62. The van der Waals surface area contributed by atoms with E-state index in [1.165, 1.54) is 0 Å². The van der Waals surface area contributed by atoms with Crippen LogP contribution < -0.4 is 0 Å². The van der Waals surface area contributed by atoms with Gasteiger partial charge in [0.15, 0.2) is 5.78 Å². The highest BCUT2D eigenvalue weighted by molar-refractivity contribution is 6.30. The molecule has 6 heteroatoms. The highest BCUT2D eigenvalue weighted by atomic mass is 35.5. The second-order valence-electron chi connectivity index (χ2n) is 6.20. The Bertz CT molecular complexity index is 503. The molecule has 116 valence electrons. The van der Waals surface area contributed by atoms with Crippen molar-refractivity contribution in [2.45, 2.75) is 44.8 Å². The third-order valence-electron chi connectivity index (χ3n) is 4.46. The van der Waals surface area contributed by atoms with E-state index in [4.69, 9.17) is 16.3 Å². The average Bonchev–Trinajstić information content (AvgIpc) is 2.93. The Balaban J connectivity index is 1.84. The van der Waals surface area contributed by atoms with Crippen LogP contribution in [0, 0.1) is 0 Å². The van der Waals surface area contributed by atoms with E-state index < -0.39 is 5.54 Å². The molecule has 2 heterocycles. The Labute approximate surface area is 130 Å². The molecule has 1 spiro atoms. The molecule has 3 aliphatic rings. The summed E-state index contributed by atoms with van der Waals surface area (Å²) in [5.41, 5.74) is -0.408. The first-order chi connectivity index (χ1) is 10.0. The lowest BCUT2D eigenvalue weighted by atomic mass is 9.95. The number of rotatable bonds is 4. The van der Waals surface area contributed by atoms with Gasteiger partial charge in [-0.05, 0) is 32.8 Å². The molecule has 2 fully saturated rings. The molecule has 0 amide bonds. The van der Waals surface area contributed by atoms with Crippen LogP contribution in [0.25, 0.3) is 0 Å². The molecule has 3 rings (SSSR count). The van der Waals surface area contributed by atoms with Crippen molar-refractivity contribution in [3.63, 3.8) is 0 Å². The van der Waals surface area contributed by atoms with E-state index in [0.29, 0.717) is 30.5 Å². The molecule has 1 saturated heterocycles. The van der Waals surface area contributed by atoms with Gasteiger partial charge in [0.1, 0.15) is 10.7 Å². The summed E-state index contributed by atoms with van der Waals surface area (Å²) in [7, 11) is 0. The van der Waals surface area contributed by atoms with Gasteiger partial charge in [-0.1, -0.05) is 11.6 Å². The first-order valence-electron chi connectivity index (χ1n) is 7.65. The van der Waals surface area contributed by atoms with Crippen molar-refractivity contribution in [2.75, 3.05) is 26.2 Å². The molecular formula is C15H22ClN3O2. The fourth-order valence-corrected chi connectivity index (χ4v) is 3.64. The number of Topliss-reactive ketones (excluding diaryl/α,β-unsaturated/α-hetero) is 1. The maximum Gasteiger partial charge on any atom is 0.204 e. The Hall–Kier alpha value is -1.07. The number of aliphatic imine (C=N–C) groups is 1. The second-order valence-corrected chi connectivity index (χ2v) is 6.59. The summed E-state index contributed by atoms with van der Waals surface area (Å²) in [6, 6.07) is 0. The summed E-state index contributed by atoms with van der Waals surface area (Å²) in [4.78, 5) is 21.3. The van der Waals surface area contributed by atoms with Crippen molar-refractivity contribution in [3.05, 3.63) is 11.2 Å². The molecule has 0 radical (unpaired) electrons. The van der Waals surface area contributed by atoms with Crippen molar-refractivity contribution in [1.29, 1.82) is 0 Å². The summed E-state index contributed by atoms with van der Waals surface area (Å²) >= 11 is 6.07. The maximum absolute atomic E-state index is 12.5. The zero-order valence-electron chi connectivity index (χ0n) is 12.6. The number of ether oxygens (including phenoxy) is 1. The van der Waals surface area contributed by atoms with Gasteiger partial charge in [0.2, 0.25) is 5.96 Å². The minimum Gasteiger partial charge on any atom is -0.377 e. The highest BCUT2D eigenvalue weighted by Crippen LogP contribution is 2.39. The summed E-state index contributed by atoms with van der Waals surface area (Å²) in [6.45, 7) is 6.78. The highest BCUT2D eigenvalue weighted by Gasteiger charge is 2.55. The van der Waals surface area contributed by atoms with Gasteiger partial charge < -0.3 is 14.5 Å².